The van der Waals surface area contributed by atoms with Crippen molar-refractivity contribution in [1.82, 2.24) is 15.1 Å². The molecule has 86 valence electrons. The molecule has 0 bridgehead atoms. The first-order chi connectivity index (χ1) is 7.18. The summed E-state index contributed by atoms with van der Waals surface area (Å²) in [5, 5.41) is 12.3. The molecule has 0 aliphatic carbocycles. The van der Waals surface area contributed by atoms with Crippen LogP contribution in [0, 0.1) is 5.92 Å². The van der Waals surface area contributed by atoms with Gasteiger partial charge in [0, 0.05) is 45.3 Å². The Kier molecular flexibility index (Phi) is 3.23. The third kappa shape index (κ3) is 2.30. The zero-order valence-corrected chi connectivity index (χ0v) is 9.15. The van der Waals surface area contributed by atoms with E-state index in [-0.39, 0.29) is 12.0 Å². The van der Waals surface area contributed by atoms with Crippen molar-refractivity contribution >= 4 is 5.97 Å². The van der Waals surface area contributed by atoms with Gasteiger partial charge in [0.2, 0.25) is 0 Å². The second-order valence-electron chi connectivity index (χ2n) is 4.51. The highest BCUT2D eigenvalue weighted by molar-refractivity contribution is 5.71. The maximum absolute atomic E-state index is 11.0. The van der Waals surface area contributed by atoms with Gasteiger partial charge >= 0.3 is 5.97 Å². The minimum Gasteiger partial charge on any atom is -0.481 e. The van der Waals surface area contributed by atoms with Gasteiger partial charge < -0.3 is 15.3 Å². The lowest BCUT2D eigenvalue weighted by molar-refractivity contribution is -0.143. The first-order valence-electron chi connectivity index (χ1n) is 5.54. The largest absolute Gasteiger partial charge is 0.481 e. The van der Waals surface area contributed by atoms with Crippen LogP contribution in [0.1, 0.15) is 0 Å². The Hall–Kier alpha value is -0.650. The van der Waals surface area contributed by atoms with Gasteiger partial charge in [0.05, 0.1) is 5.92 Å². The normalized spacial score (nSPS) is 34.5. The van der Waals surface area contributed by atoms with Gasteiger partial charge in [-0.15, -0.1) is 0 Å². The molecule has 0 radical (unpaired) electrons. The quantitative estimate of drug-likeness (QED) is 0.610. The number of nitrogens with zero attached hydrogens (tertiary/aromatic N) is 2. The Morgan fingerprint density at radius 3 is 2.53 bits per heavy atom. The molecule has 0 saturated carbocycles. The van der Waals surface area contributed by atoms with Gasteiger partial charge in [0.1, 0.15) is 0 Å². The molecule has 0 aromatic carbocycles. The van der Waals surface area contributed by atoms with Crippen molar-refractivity contribution in [3.05, 3.63) is 0 Å². The molecular formula is C10H19N3O2. The predicted octanol–water partition coefficient (Wildman–Crippen LogP) is -1.09. The molecule has 2 heterocycles. The predicted molar refractivity (Wildman–Crippen MR) is 56.9 cm³/mol. The zero-order valence-electron chi connectivity index (χ0n) is 9.15. The number of rotatable bonds is 2. The molecule has 0 amide bonds. The average molecular weight is 213 g/mol. The summed E-state index contributed by atoms with van der Waals surface area (Å²) in [6.07, 6.45) is 0. The fourth-order valence-corrected chi connectivity index (χ4v) is 2.45. The summed E-state index contributed by atoms with van der Waals surface area (Å²) in [5.41, 5.74) is 0. The van der Waals surface area contributed by atoms with Crippen molar-refractivity contribution in [2.24, 2.45) is 5.92 Å². The van der Waals surface area contributed by atoms with E-state index in [9.17, 15) is 4.79 Å². The molecule has 0 spiro atoms. The molecule has 5 heteroatoms. The first kappa shape index (κ1) is 10.9. The average Bonchev–Trinajstić information content (AvgIpc) is 2.67. The number of hydrogen-bond donors (Lipinski definition) is 2. The van der Waals surface area contributed by atoms with E-state index in [1.807, 2.05) is 0 Å². The Labute approximate surface area is 90.0 Å². The van der Waals surface area contributed by atoms with Crippen molar-refractivity contribution < 1.29 is 9.90 Å². The van der Waals surface area contributed by atoms with Crippen LogP contribution >= 0.6 is 0 Å². The van der Waals surface area contributed by atoms with E-state index in [1.54, 1.807) is 0 Å². The van der Waals surface area contributed by atoms with E-state index in [2.05, 4.69) is 22.2 Å². The SMILES string of the molecule is CN1CCN(C2CNCC2C(=O)O)CC1. The molecule has 15 heavy (non-hydrogen) atoms. The van der Waals surface area contributed by atoms with E-state index >= 15 is 0 Å². The van der Waals surface area contributed by atoms with Crippen LogP contribution in [0.5, 0.6) is 0 Å². The lowest BCUT2D eigenvalue weighted by Gasteiger charge is -2.37. The summed E-state index contributed by atoms with van der Waals surface area (Å²) in [6, 6.07) is 0.191. The van der Waals surface area contributed by atoms with Crippen LogP contribution in [0.4, 0.5) is 0 Å². The van der Waals surface area contributed by atoms with Crippen molar-refractivity contribution in [3.63, 3.8) is 0 Å². The van der Waals surface area contributed by atoms with Gasteiger partial charge in [-0.25, -0.2) is 0 Å². The lowest BCUT2D eigenvalue weighted by Crippen LogP contribution is -2.52. The molecule has 2 rings (SSSR count). The maximum atomic E-state index is 11.0. The minimum absolute atomic E-state index is 0.191. The zero-order chi connectivity index (χ0) is 10.8. The third-order valence-corrected chi connectivity index (χ3v) is 3.51. The molecule has 2 fully saturated rings. The number of nitrogens with one attached hydrogen (secondary N) is 1. The fourth-order valence-electron chi connectivity index (χ4n) is 2.45. The standard InChI is InChI=1S/C10H19N3O2/c1-12-2-4-13(5-3-12)9-7-11-6-8(9)10(14)15/h8-9,11H,2-7H2,1H3,(H,14,15). The van der Waals surface area contributed by atoms with E-state index in [0.29, 0.717) is 6.54 Å². The molecule has 2 saturated heterocycles. The van der Waals surface area contributed by atoms with Crippen molar-refractivity contribution in [3.8, 4) is 0 Å². The van der Waals surface area contributed by atoms with Crippen LogP contribution < -0.4 is 5.32 Å². The van der Waals surface area contributed by atoms with Crippen LogP contribution in [0.15, 0.2) is 0 Å². The van der Waals surface area contributed by atoms with Crippen LogP contribution in [-0.2, 0) is 4.79 Å². The number of carbonyl (C=O) groups is 1. The molecule has 2 atom stereocenters. The highest BCUT2D eigenvalue weighted by atomic mass is 16.4. The molecule has 2 unspecified atom stereocenters. The van der Waals surface area contributed by atoms with Crippen LogP contribution in [0.25, 0.3) is 0 Å². The highest BCUT2D eigenvalue weighted by Gasteiger charge is 2.37. The molecule has 2 aliphatic heterocycles. The van der Waals surface area contributed by atoms with Gasteiger partial charge in [-0.1, -0.05) is 0 Å². The van der Waals surface area contributed by atoms with E-state index in [4.69, 9.17) is 5.11 Å². The number of aliphatic carboxylic acids is 1. The van der Waals surface area contributed by atoms with Gasteiger partial charge in [-0.05, 0) is 7.05 Å². The van der Waals surface area contributed by atoms with E-state index < -0.39 is 5.97 Å². The highest BCUT2D eigenvalue weighted by Crippen LogP contribution is 2.17. The van der Waals surface area contributed by atoms with Crippen molar-refractivity contribution in [1.29, 1.82) is 0 Å². The number of piperazine rings is 1. The number of carboxylic acids is 1. The number of likely N-dealkylation sites (N-methyl/N-ethyl adjacent to an activating group) is 1. The van der Waals surface area contributed by atoms with Gasteiger partial charge in [0.15, 0.2) is 0 Å². The second kappa shape index (κ2) is 4.47. The number of hydrogen-bond acceptors (Lipinski definition) is 4. The smallest absolute Gasteiger partial charge is 0.309 e. The van der Waals surface area contributed by atoms with E-state index in [0.717, 1.165) is 32.7 Å². The summed E-state index contributed by atoms with van der Waals surface area (Å²) in [6.45, 7) is 5.51. The topological polar surface area (TPSA) is 55.8 Å². The molecule has 2 N–H and O–H groups in total. The summed E-state index contributed by atoms with van der Waals surface area (Å²) in [5.74, 6) is -0.891. The van der Waals surface area contributed by atoms with Gasteiger partial charge in [0.25, 0.3) is 0 Å². The van der Waals surface area contributed by atoms with Crippen molar-refractivity contribution in [2.75, 3.05) is 46.3 Å². The second-order valence-corrected chi connectivity index (χ2v) is 4.51. The van der Waals surface area contributed by atoms with E-state index in [1.165, 1.54) is 0 Å². The molecule has 0 aromatic heterocycles. The Morgan fingerprint density at radius 1 is 1.27 bits per heavy atom. The lowest BCUT2D eigenvalue weighted by atomic mass is 10.0. The molecule has 2 aliphatic rings. The monoisotopic (exact) mass is 213 g/mol. The Morgan fingerprint density at radius 2 is 1.93 bits per heavy atom. The van der Waals surface area contributed by atoms with Gasteiger partial charge in [-0.3, -0.25) is 9.69 Å². The summed E-state index contributed by atoms with van der Waals surface area (Å²) >= 11 is 0. The summed E-state index contributed by atoms with van der Waals surface area (Å²) in [7, 11) is 2.11. The summed E-state index contributed by atoms with van der Waals surface area (Å²) < 4.78 is 0. The summed E-state index contributed by atoms with van der Waals surface area (Å²) in [4.78, 5) is 15.6. The molecule has 5 nitrogen and oxygen atoms in total. The fraction of sp³-hybridized carbons (Fsp3) is 0.900. The van der Waals surface area contributed by atoms with Gasteiger partial charge in [-0.2, -0.15) is 0 Å². The number of carboxylic acid groups (broad SMARTS) is 1. The molecule has 0 aromatic rings. The Balaban J connectivity index is 1.94. The van der Waals surface area contributed by atoms with Crippen LogP contribution in [0.3, 0.4) is 0 Å². The minimum atomic E-state index is -0.663. The van der Waals surface area contributed by atoms with Crippen LogP contribution in [0.2, 0.25) is 0 Å². The Bertz CT molecular complexity index is 239. The maximum Gasteiger partial charge on any atom is 0.309 e. The van der Waals surface area contributed by atoms with Crippen LogP contribution in [-0.4, -0.2) is 73.2 Å². The molecular weight excluding hydrogens is 194 g/mol. The third-order valence-electron chi connectivity index (χ3n) is 3.51. The first-order valence-corrected chi connectivity index (χ1v) is 5.54. The van der Waals surface area contributed by atoms with Crippen molar-refractivity contribution in [2.45, 2.75) is 6.04 Å².